The standard InChI is InChI=1S/C75H121N23O28S.C2H4O2/c1-32(2)23-43(63(115)91-45(25-34(5)6)65(117)97-51(31-127)71(123)92-44(24-33(3)4)64(116)96-50(30-57(109)110)69(121)94-47(27-53(78)102)70(122)98-58(36(8)99)72(124)88-42(73(125)126)12-10-22-84-75(81)82)90-62(114)41(18-20-54(103)104)87-66(118)46(26-37-13-15-38(100)16-14-37)93-61(113)40(17-19-52(77)101)86-68(120)49(29-56(107)108)95-60(112)39(11-9-21-83-74(79)80)85-67(119)48(28-55(105)106)89-59(111)35(7)76;1-2(3)4/h13-16,32-36,39-51,58,99-100,127H,9-12,17-31,76H2,1-8H3,(H2,77,101)(H2,78,102)(H,85,119)(H,86,120)(H,87,118)(H,88,124)(H,89,111)(H,90,114)(H,91,115)(H,92,123)(H,93,113)(H,94,121)(H,95,112)(H,96,116)(H,97,117)(H,98,122)(H,103,104)(H,105,106)(H,107,108)(H,109,110)(H,125,126)(H4,79,80,83)(H4,81,82,84);1H3,(H,3,4). The van der Waals surface area contributed by atoms with E-state index in [0.717, 1.165) is 13.8 Å². The van der Waals surface area contributed by atoms with Crippen LogP contribution in [0.15, 0.2) is 24.3 Å². The predicted octanol–water partition coefficient (Wildman–Crippen LogP) is -9.35. The van der Waals surface area contributed by atoms with Gasteiger partial charge < -0.3 is 155 Å². The number of benzene rings is 1. The summed E-state index contributed by atoms with van der Waals surface area (Å²) in [4.78, 5) is 291. The highest BCUT2D eigenvalue weighted by Crippen LogP contribution is 2.17. The highest BCUT2D eigenvalue weighted by Gasteiger charge is 2.41. The molecular weight excluding hydrogens is 1760 g/mol. The van der Waals surface area contributed by atoms with Gasteiger partial charge in [-0.25, -0.2) is 4.79 Å². The van der Waals surface area contributed by atoms with Crippen molar-refractivity contribution < 1.29 is 146 Å². The number of hydrogen-bond acceptors (Lipinski definition) is 28. The fraction of sp³-hybridized carbons (Fsp3) is 0.610. The van der Waals surface area contributed by atoms with Gasteiger partial charge in [-0.2, -0.15) is 12.6 Å². The number of phenols is 1. The summed E-state index contributed by atoms with van der Waals surface area (Å²) in [6.07, 6.45) is -11.4. The van der Waals surface area contributed by atoms with Crippen LogP contribution in [0.4, 0.5) is 0 Å². The fourth-order valence-electron chi connectivity index (χ4n) is 11.8. The zero-order valence-electron chi connectivity index (χ0n) is 73.6. The Kier molecular flexibility index (Phi) is 53.7. The SMILES string of the molecule is CC(=O)O.CC(C)CC(NC(=O)C(CCC(=O)O)NC(=O)C(Cc1ccc(O)cc1)NC(=O)C(CCC(N)=O)NC(=O)C(CC(=O)O)NC(=O)C(CCCNC(=N)N)NC(=O)C(CC(=O)O)NC(=O)C(C)N)C(=O)NC(CC(C)C)C(=O)NC(CS)C(=O)NC(CC(C)C)C(=O)NC(CC(=O)O)C(=O)NC(CC(N)=O)C(=O)NC(C(=O)NC(CCCNC(=N)N)C(=O)O)C(C)O. The second-order valence-electron chi connectivity index (χ2n) is 31.5. The van der Waals surface area contributed by atoms with Gasteiger partial charge in [0.2, 0.25) is 94.5 Å². The summed E-state index contributed by atoms with van der Waals surface area (Å²) >= 11 is 4.24. The number of amides is 16. The van der Waals surface area contributed by atoms with Crippen LogP contribution in [0.3, 0.4) is 0 Å². The Labute approximate surface area is 756 Å². The molecule has 1 aromatic carbocycles. The van der Waals surface area contributed by atoms with Crippen LogP contribution in [0, 0.1) is 28.6 Å². The lowest BCUT2D eigenvalue weighted by molar-refractivity contribution is -0.143. The van der Waals surface area contributed by atoms with Crippen molar-refractivity contribution in [2.75, 3.05) is 18.8 Å². The molecule has 54 heteroatoms. The van der Waals surface area contributed by atoms with E-state index in [1.165, 1.54) is 31.2 Å². The quantitative estimate of drug-likeness (QED) is 0.0125. The first-order valence-electron chi connectivity index (χ1n) is 41.0. The Hall–Kier alpha value is -13.8. The molecule has 734 valence electrons. The molecule has 1 rings (SSSR count). The number of carbonyl (C=O) groups is 22. The van der Waals surface area contributed by atoms with Crippen LogP contribution in [-0.2, 0) is 112 Å². The monoisotopic (exact) mass is 1880 g/mol. The van der Waals surface area contributed by atoms with E-state index in [1.54, 1.807) is 41.5 Å². The third-order valence-corrected chi connectivity index (χ3v) is 18.6. The second-order valence-corrected chi connectivity index (χ2v) is 31.8. The Morgan fingerprint density at radius 1 is 0.351 bits per heavy atom. The normalized spacial score (nSPS) is 14.6. The molecule has 131 heavy (non-hydrogen) atoms. The molecule has 0 saturated heterocycles. The van der Waals surface area contributed by atoms with Gasteiger partial charge in [0.15, 0.2) is 11.9 Å². The summed E-state index contributed by atoms with van der Waals surface area (Å²) in [6, 6.07) is -22.4. The van der Waals surface area contributed by atoms with Gasteiger partial charge in [-0.05, 0) is 107 Å². The highest BCUT2D eigenvalue weighted by atomic mass is 32.1. The molecule has 16 amide bonds. The maximum Gasteiger partial charge on any atom is 0.326 e. The number of carboxylic acids is 6. The van der Waals surface area contributed by atoms with Gasteiger partial charge in [-0.1, -0.05) is 53.7 Å². The number of nitrogens with one attached hydrogen (secondary N) is 18. The van der Waals surface area contributed by atoms with E-state index >= 15 is 0 Å². The first kappa shape index (κ1) is 117. The van der Waals surface area contributed by atoms with E-state index in [-0.39, 0.29) is 62.9 Å². The Morgan fingerprint density at radius 3 is 0.954 bits per heavy atom. The fourth-order valence-corrected chi connectivity index (χ4v) is 12.1. The first-order valence-corrected chi connectivity index (χ1v) is 41.6. The van der Waals surface area contributed by atoms with Crippen molar-refractivity contribution in [1.82, 2.24) is 85.1 Å². The summed E-state index contributed by atoms with van der Waals surface area (Å²) in [6.45, 7) is 12.9. The molecule has 0 saturated carbocycles. The summed E-state index contributed by atoms with van der Waals surface area (Å²) < 4.78 is 0. The molecule has 16 unspecified atom stereocenters. The first-order chi connectivity index (χ1) is 60.9. The average molecular weight is 1890 g/mol. The molecule has 0 fully saturated rings. The lowest BCUT2D eigenvalue weighted by Crippen LogP contribution is -2.62. The number of hydrogen-bond donors (Lipinski definition) is 32. The van der Waals surface area contributed by atoms with Crippen LogP contribution in [-0.4, -0.2) is 299 Å². The summed E-state index contributed by atoms with van der Waals surface area (Å²) in [5, 5.41) is 129. The molecule has 0 aliphatic heterocycles. The van der Waals surface area contributed by atoms with Crippen molar-refractivity contribution in [3.63, 3.8) is 0 Å². The maximum atomic E-state index is 14.8. The van der Waals surface area contributed by atoms with Gasteiger partial charge in [-0.3, -0.25) is 112 Å². The minimum absolute atomic E-state index is 0.0174. The topological polar surface area (TPSA) is 908 Å². The van der Waals surface area contributed by atoms with Crippen LogP contribution in [0.5, 0.6) is 5.75 Å². The van der Waals surface area contributed by atoms with E-state index in [9.17, 15) is 136 Å². The Balaban J connectivity index is 0.0000413. The van der Waals surface area contributed by atoms with Gasteiger partial charge >= 0.3 is 29.8 Å². The average Bonchev–Trinajstić information content (AvgIpc) is 0.847. The number of aliphatic hydroxyl groups is 1. The van der Waals surface area contributed by atoms with Crippen molar-refractivity contribution in [2.24, 2.45) is 46.4 Å². The number of nitrogens with two attached hydrogens (primary N) is 5. The van der Waals surface area contributed by atoms with Crippen molar-refractivity contribution in [3.05, 3.63) is 29.8 Å². The van der Waals surface area contributed by atoms with Gasteiger partial charge in [0, 0.05) is 45.0 Å². The highest BCUT2D eigenvalue weighted by molar-refractivity contribution is 7.80. The number of aromatic hydroxyl groups is 1. The molecule has 0 spiro atoms. The molecule has 0 aromatic heterocycles. The molecule has 53 nitrogen and oxygen atoms in total. The number of aliphatic hydroxyl groups excluding tert-OH is 1. The molecule has 1 aromatic rings. The molecule has 0 aliphatic carbocycles. The molecule has 0 aliphatic rings. The number of aliphatic carboxylic acids is 6. The van der Waals surface area contributed by atoms with E-state index in [0.29, 0.717) is 0 Å². The lowest BCUT2D eigenvalue weighted by atomic mass is 9.99. The van der Waals surface area contributed by atoms with Crippen molar-refractivity contribution in [3.8, 4) is 5.75 Å². The largest absolute Gasteiger partial charge is 0.508 e. The van der Waals surface area contributed by atoms with Crippen molar-refractivity contribution >= 4 is 155 Å². The lowest BCUT2D eigenvalue weighted by Gasteiger charge is -2.29. The van der Waals surface area contributed by atoms with Crippen LogP contribution >= 0.6 is 12.6 Å². The predicted molar refractivity (Wildman–Crippen MR) is 462 cm³/mol. The molecule has 0 bridgehead atoms. The zero-order chi connectivity index (χ0) is 101. The van der Waals surface area contributed by atoms with Gasteiger partial charge in [-0.15, -0.1) is 0 Å². The number of phenolic OH excluding ortho intramolecular Hbond substituents is 1. The van der Waals surface area contributed by atoms with E-state index in [4.69, 9.17) is 49.4 Å². The molecule has 0 radical (unpaired) electrons. The van der Waals surface area contributed by atoms with Crippen LogP contribution in [0.2, 0.25) is 0 Å². The number of carbonyl (C=O) groups excluding carboxylic acids is 16. The van der Waals surface area contributed by atoms with E-state index in [2.05, 4.69) is 97.7 Å². The smallest absolute Gasteiger partial charge is 0.326 e. The van der Waals surface area contributed by atoms with E-state index < -0.39 is 327 Å². The summed E-state index contributed by atoms with van der Waals surface area (Å²) in [5.74, 6) is -31.9. The number of primary amides is 2. The summed E-state index contributed by atoms with van der Waals surface area (Å²) in [5.41, 5.74) is 27.2. The van der Waals surface area contributed by atoms with Crippen molar-refractivity contribution in [2.45, 2.75) is 262 Å². The number of guanidine groups is 2. The maximum absolute atomic E-state index is 14.8. The minimum Gasteiger partial charge on any atom is -0.508 e. The van der Waals surface area contributed by atoms with Gasteiger partial charge in [0.25, 0.3) is 5.97 Å². The van der Waals surface area contributed by atoms with Crippen LogP contribution in [0.25, 0.3) is 0 Å². The van der Waals surface area contributed by atoms with Gasteiger partial charge in [0.05, 0.1) is 37.8 Å². The number of thiol groups is 1. The minimum atomic E-state index is -2.18. The molecule has 16 atom stereocenters. The third-order valence-electron chi connectivity index (χ3n) is 18.2. The molecular formula is C77H125N23O30S. The molecule has 0 heterocycles. The second kappa shape index (κ2) is 60.1. The van der Waals surface area contributed by atoms with Crippen LogP contribution in [0.1, 0.15) is 164 Å². The Morgan fingerprint density at radius 2 is 0.634 bits per heavy atom. The Bertz CT molecular complexity index is 4170. The van der Waals surface area contributed by atoms with E-state index in [1.807, 2.05) is 0 Å². The van der Waals surface area contributed by atoms with Gasteiger partial charge in [0.1, 0.15) is 90.3 Å². The number of carboxylic acid groups (broad SMARTS) is 6. The molecule has 36 N–H and O–H groups in total. The summed E-state index contributed by atoms with van der Waals surface area (Å²) in [7, 11) is 0. The number of rotatable bonds is 61. The van der Waals surface area contributed by atoms with Crippen LogP contribution < -0.4 is 114 Å². The third kappa shape index (κ3) is 49.9. The van der Waals surface area contributed by atoms with Crippen molar-refractivity contribution in [1.29, 1.82) is 10.8 Å². The zero-order valence-corrected chi connectivity index (χ0v) is 74.5.